The van der Waals surface area contributed by atoms with E-state index in [1.807, 2.05) is 12.1 Å². The lowest BCUT2D eigenvalue weighted by Gasteiger charge is -2.37. The molecule has 164 valence electrons. The Morgan fingerprint density at radius 3 is 2.27 bits per heavy atom. The molecular weight excluding hydrogens is 402 g/mol. The van der Waals surface area contributed by atoms with Crippen LogP contribution < -0.4 is 21.0 Å². The van der Waals surface area contributed by atoms with Gasteiger partial charge in [0.1, 0.15) is 5.82 Å². The summed E-state index contributed by atoms with van der Waals surface area (Å²) in [5, 5.41) is 0.766. The fraction of sp³-hybridized carbons (Fsp3) is 0.545. The summed E-state index contributed by atoms with van der Waals surface area (Å²) in [6.45, 7) is 8.78. The van der Waals surface area contributed by atoms with Gasteiger partial charge < -0.3 is 9.80 Å². The molecule has 0 aliphatic carbocycles. The Bertz CT molecular complexity index is 945. The molecule has 0 N–H and O–H groups in total. The van der Waals surface area contributed by atoms with Crippen molar-refractivity contribution in [3.63, 3.8) is 0 Å². The maximum Gasteiger partial charge on any atom is 0.332 e. The van der Waals surface area contributed by atoms with Gasteiger partial charge in [0.05, 0.1) is 0 Å². The Morgan fingerprint density at radius 2 is 1.63 bits per heavy atom. The second-order valence-corrected chi connectivity index (χ2v) is 8.32. The number of benzene rings is 1. The van der Waals surface area contributed by atoms with Crippen molar-refractivity contribution in [2.75, 3.05) is 55.6 Å². The van der Waals surface area contributed by atoms with Gasteiger partial charge in [0.15, 0.2) is 0 Å². The number of hydrogen-bond acceptors (Lipinski definition) is 5. The van der Waals surface area contributed by atoms with Crippen LogP contribution in [0.15, 0.2) is 39.9 Å². The molecule has 1 saturated heterocycles. The van der Waals surface area contributed by atoms with Crippen LogP contribution >= 0.6 is 11.6 Å². The summed E-state index contributed by atoms with van der Waals surface area (Å²) in [6.07, 6.45) is 2.20. The number of piperazine rings is 1. The predicted molar refractivity (Wildman–Crippen MR) is 124 cm³/mol. The van der Waals surface area contributed by atoms with Gasteiger partial charge >= 0.3 is 5.69 Å². The van der Waals surface area contributed by atoms with Crippen molar-refractivity contribution in [2.24, 2.45) is 14.1 Å². The van der Waals surface area contributed by atoms with Crippen LogP contribution in [0.2, 0.25) is 5.02 Å². The van der Waals surface area contributed by atoms with Gasteiger partial charge in [0, 0.05) is 70.1 Å². The molecule has 8 heteroatoms. The molecule has 7 nitrogen and oxygen atoms in total. The number of rotatable bonds is 8. The summed E-state index contributed by atoms with van der Waals surface area (Å²) < 4.78 is 2.70. The Hall–Kier alpha value is -2.25. The number of anilines is 2. The van der Waals surface area contributed by atoms with Crippen molar-refractivity contribution in [3.05, 3.63) is 56.2 Å². The topological polar surface area (TPSA) is 53.7 Å². The maximum atomic E-state index is 12.2. The van der Waals surface area contributed by atoms with E-state index in [0.717, 1.165) is 68.2 Å². The monoisotopic (exact) mass is 433 g/mol. The lowest BCUT2D eigenvalue weighted by Crippen LogP contribution is -2.49. The molecule has 3 rings (SSSR count). The highest BCUT2D eigenvalue weighted by molar-refractivity contribution is 6.30. The smallest absolute Gasteiger partial charge is 0.332 e. The lowest BCUT2D eigenvalue weighted by atomic mass is 10.2. The van der Waals surface area contributed by atoms with Crippen LogP contribution in [-0.2, 0) is 14.1 Å². The predicted octanol–water partition coefficient (Wildman–Crippen LogP) is 2.17. The van der Waals surface area contributed by atoms with E-state index in [2.05, 4.69) is 33.8 Å². The fourth-order valence-corrected chi connectivity index (χ4v) is 4.13. The molecule has 2 heterocycles. The number of aromatic nitrogens is 2. The minimum atomic E-state index is -0.279. The van der Waals surface area contributed by atoms with Crippen LogP contribution in [-0.4, -0.2) is 59.8 Å². The average Bonchev–Trinajstić information content (AvgIpc) is 2.75. The fourth-order valence-electron chi connectivity index (χ4n) is 4.00. The first-order valence-electron chi connectivity index (χ1n) is 10.7. The van der Waals surface area contributed by atoms with Crippen molar-refractivity contribution in [2.45, 2.75) is 19.8 Å². The Balaban J connectivity index is 1.52. The van der Waals surface area contributed by atoms with Gasteiger partial charge in [-0.3, -0.25) is 18.8 Å². The van der Waals surface area contributed by atoms with E-state index in [-0.39, 0.29) is 11.2 Å². The molecule has 2 aromatic rings. The van der Waals surface area contributed by atoms with Gasteiger partial charge in [-0.2, -0.15) is 0 Å². The number of hydrogen-bond donors (Lipinski definition) is 0. The van der Waals surface area contributed by atoms with Crippen molar-refractivity contribution < 1.29 is 0 Å². The molecule has 0 radical (unpaired) electrons. The first kappa shape index (κ1) is 22.4. The summed E-state index contributed by atoms with van der Waals surface area (Å²) in [6, 6.07) is 9.63. The van der Waals surface area contributed by atoms with Crippen LogP contribution in [0.3, 0.4) is 0 Å². The molecule has 30 heavy (non-hydrogen) atoms. The van der Waals surface area contributed by atoms with E-state index >= 15 is 0 Å². The summed E-state index contributed by atoms with van der Waals surface area (Å²) in [7, 11) is 3.24. The summed E-state index contributed by atoms with van der Waals surface area (Å²) in [5.41, 5.74) is 0.685. The zero-order valence-electron chi connectivity index (χ0n) is 18.2. The third kappa shape index (κ3) is 5.26. The highest BCUT2D eigenvalue weighted by Gasteiger charge is 2.20. The normalized spacial score (nSPS) is 14.9. The van der Waals surface area contributed by atoms with Crippen LogP contribution in [0.5, 0.6) is 0 Å². The largest absolute Gasteiger partial charge is 0.371 e. The molecular formula is C22H32ClN5O2. The lowest BCUT2D eigenvalue weighted by molar-refractivity contribution is 0.254. The standard InChI is InChI=1S/C22H32ClN5O2/c1-4-10-27(19-8-6-18(23)7-9-19)12-5-11-26-13-15-28(16-14-26)20-17-21(29)25(3)22(30)24(20)2/h6-9,17H,4-5,10-16H2,1-3H3. The third-order valence-electron chi connectivity index (χ3n) is 5.78. The number of halogens is 1. The minimum Gasteiger partial charge on any atom is -0.371 e. The molecule has 0 unspecified atom stereocenters. The second kappa shape index (κ2) is 10.2. The van der Waals surface area contributed by atoms with E-state index in [4.69, 9.17) is 11.6 Å². The van der Waals surface area contributed by atoms with Gasteiger partial charge in [-0.05, 0) is 43.7 Å². The Kier molecular flexibility index (Phi) is 7.61. The molecule has 0 atom stereocenters. The molecule has 0 bridgehead atoms. The van der Waals surface area contributed by atoms with Gasteiger partial charge in [0.2, 0.25) is 0 Å². The quantitative estimate of drug-likeness (QED) is 0.638. The number of nitrogens with zero attached hydrogens (tertiary/aromatic N) is 5. The third-order valence-corrected chi connectivity index (χ3v) is 6.04. The van der Waals surface area contributed by atoms with Crippen molar-refractivity contribution >= 4 is 23.1 Å². The first-order valence-corrected chi connectivity index (χ1v) is 11.0. The van der Waals surface area contributed by atoms with E-state index < -0.39 is 0 Å². The molecule has 0 spiro atoms. The van der Waals surface area contributed by atoms with Gasteiger partial charge in [-0.1, -0.05) is 18.5 Å². The van der Waals surface area contributed by atoms with Crippen molar-refractivity contribution in [1.82, 2.24) is 14.0 Å². The molecule has 0 amide bonds. The highest BCUT2D eigenvalue weighted by Crippen LogP contribution is 2.19. The molecule has 1 aromatic carbocycles. The van der Waals surface area contributed by atoms with Crippen LogP contribution in [0.1, 0.15) is 19.8 Å². The Labute approximate surface area is 183 Å². The van der Waals surface area contributed by atoms with Gasteiger partial charge in [-0.15, -0.1) is 0 Å². The van der Waals surface area contributed by atoms with E-state index in [1.54, 1.807) is 17.7 Å². The zero-order chi connectivity index (χ0) is 21.7. The first-order chi connectivity index (χ1) is 14.4. The van der Waals surface area contributed by atoms with Gasteiger partial charge in [0.25, 0.3) is 5.56 Å². The summed E-state index contributed by atoms with van der Waals surface area (Å²) >= 11 is 6.02. The summed E-state index contributed by atoms with van der Waals surface area (Å²) in [4.78, 5) is 31.2. The molecule has 1 aromatic heterocycles. The molecule has 1 aliphatic heterocycles. The molecule has 0 saturated carbocycles. The van der Waals surface area contributed by atoms with Crippen LogP contribution in [0, 0.1) is 0 Å². The van der Waals surface area contributed by atoms with Crippen LogP contribution in [0.25, 0.3) is 0 Å². The van der Waals surface area contributed by atoms with E-state index in [9.17, 15) is 9.59 Å². The molecule has 1 fully saturated rings. The summed E-state index contributed by atoms with van der Waals surface area (Å²) in [5.74, 6) is 0.708. The second-order valence-electron chi connectivity index (χ2n) is 7.89. The maximum absolute atomic E-state index is 12.2. The molecule has 1 aliphatic rings. The minimum absolute atomic E-state index is 0.256. The van der Waals surface area contributed by atoms with Crippen molar-refractivity contribution in [1.29, 1.82) is 0 Å². The van der Waals surface area contributed by atoms with Crippen molar-refractivity contribution in [3.8, 4) is 0 Å². The van der Waals surface area contributed by atoms with E-state index in [0.29, 0.717) is 5.82 Å². The average molecular weight is 434 g/mol. The van der Waals surface area contributed by atoms with Crippen LogP contribution in [0.4, 0.5) is 11.5 Å². The zero-order valence-corrected chi connectivity index (χ0v) is 18.9. The Morgan fingerprint density at radius 1 is 0.967 bits per heavy atom. The SMILES string of the molecule is CCCN(CCCN1CCN(c2cc(=O)n(C)c(=O)n2C)CC1)c1ccc(Cl)cc1. The van der Waals surface area contributed by atoms with Gasteiger partial charge in [-0.25, -0.2) is 4.79 Å². The van der Waals surface area contributed by atoms with E-state index in [1.165, 1.54) is 12.7 Å². The highest BCUT2D eigenvalue weighted by atomic mass is 35.5.